The zero-order valence-corrected chi connectivity index (χ0v) is 27.3. The van der Waals surface area contributed by atoms with Crippen LogP contribution in [0.2, 0.25) is 0 Å². The minimum absolute atomic E-state index is 0.0257. The summed E-state index contributed by atoms with van der Waals surface area (Å²) in [5.41, 5.74) is 2.62. The van der Waals surface area contributed by atoms with Gasteiger partial charge in [0.1, 0.15) is 24.2 Å². The van der Waals surface area contributed by atoms with Gasteiger partial charge < -0.3 is 15.0 Å². The van der Waals surface area contributed by atoms with E-state index in [0.717, 1.165) is 15.4 Å². The summed E-state index contributed by atoms with van der Waals surface area (Å²) in [7, 11) is -2.76. The highest BCUT2D eigenvalue weighted by Crippen LogP contribution is 2.27. The number of halogens is 1. The molecule has 8 nitrogen and oxygen atoms in total. The molecule has 0 saturated heterocycles. The van der Waals surface area contributed by atoms with Gasteiger partial charge in [0.15, 0.2) is 0 Å². The Bertz CT molecular complexity index is 1700. The van der Waals surface area contributed by atoms with Crippen molar-refractivity contribution in [3.05, 3.63) is 126 Å². The number of carbonyl (C=O) groups excluding carboxylic acids is 2. The maximum Gasteiger partial charge on any atom is 0.264 e. The van der Waals surface area contributed by atoms with Gasteiger partial charge in [0.05, 0.1) is 17.7 Å². The van der Waals surface area contributed by atoms with E-state index in [1.165, 1.54) is 48.4 Å². The van der Waals surface area contributed by atoms with Crippen LogP contribution in [0.4, 0.5) is 10.1 Å². The van der Waals surface area contributed by atoms with Gasteiger partial charge in [0.2, 0.25) is 11.8 Å². The van der Waals surface area contributed by atoms with E-state index in [1.807, 2.05) is 51.1 Å². The third kappa shape index (κ3) is 8.94. The number of rotatable bonds is 14. The molecule has 1 N–H and O–H groups in total. The van der Waals surface area contributed by atoms with Crippen LogP contribution in [-0.2, 0) is 32.6 Å². The van der Waals surface area contributed by atoms with Crippen LogP contribution in [-0.4, -0.2) is 51.4 Å². The van der Waals surface area contributed by atoms with E-state index in [4.69, 9.17) is 4.74 Å². The minimum atomic E-state index is -4.25. The van der Waals surface area contributed by atoms with Gasteiger partial charge in [-0.05, 0) is 72.5 Å². The van der Waals surface area contributed by atoms with Crippen LogP contribution < -0.4 is 14.4 Å². The summed E-state index contributed by atoms with van der Waals surface area (Å²) < 4.78 is 48.4. The van der Waals surface area contributed by atoms with Crippen molar-refractivity contribution >= 4 is 27.5 Å². The number of nitrogens with zero attached hydrogens (tertiary/aromatic N) is 2. The smallest absolute Gasteiger partial charge is 0.264 e. The molecule has 2 amide bonds. The van der Waals surface area contributed by atoms with E-state index in [2.05, 4.69) is 5.32 Å². The summed E-state index contributed by atoms with van der Waals surface area (Å²) >= 11 is 0. The van der Waals surface area contributed by atoms with Crippen LogP contribution in [0.15, 0.2) is 108 Å². The Labute approximate surface area is 270 Å². The number of ether oxygens (including phenoxy) is 1. The molecule has 0 fully saturated rings. The Morgan fingerprint density at radius 2 is 1.48 bits per heavy atom. The second-order valence-corrected chi connectivity index (χ2v) is 13.4. The molecule has 4 aromatic rings. The molecule has 0 aromatic heterocycles. The van der Waals surface area contributed by atoms with E-state index >= 15 is 0 Å². The number of nitrogens with one attached hydrogen (secondary N) is 1. The third-order valence-corrected chi connectivity index (χ3v) is 9.26. The van der Waals surface area contributed by atoms with Crippen molar-refractivity contribution in [1.29, 1.82) is 0 Å². The molecule has 46 heavy (non-hydrogen) atoms. The maximum absolute atomic E-state index is 14.5. The highest BCUT2D eigenvalue weighted by Gasteiger charge is 2.34. The predicted molar refractivity (Wildman–Crippen MR) is 177 cm³/mol. The van der Waals surface area contributed by atoms with Gasteiger partial charge in [0.25, 0.3) is 10.0 Å². The van der Waals surface area contributed by atoms with Crippen LogP contribution in [0.3, 0.4) is 0 Å². The first kappa shape index (κ1) is 34.2. The number of methoxy groups -OCH3 is 1. The molecule has 0 spiro atoms. The Kier molecular flexibility index (Phi) is 11.5. The molecule has 1 atom stereocenters. The summed E-state index contributed by atoms with van der Waals surface area (Å²) in [6, 6.07) is 26.7. The van der Waals surface area contributed by atoms with Crippen molar-refractivity contribution in [3.63, 3.8) is 0 Å². The van der Waals surface area contributed by atoms with E-state index in [9.17, 15) is 22.4 Å². The largest absolute Gasteiger partial charge is 0.497 e. The van der Waals surface area contributed by atoms with Gasteiger partial charge in [-0.1, -0.05) is 74.0 Å². The van der Waals surface area contributed by atoms with Crippen molar-refractivity contribution in [2.24, 2.45) is 5.92 Å². The number of hydrogen-bond acceptors (Lipinski definition) is 5. The standard InChI is InChI=1S/C36H40FN3O5S/c1-26(2)23-38-36(42)34(22-28-8-6-5-7-9-28)39(24-29-12-14-30(37)15-13-29)35(41)25-40(31-16-10-27(3)11-17-31)46(43,44)33-20-18-32(45-4)19-21-33/h5-21,26,34H,22-25H2,1-4H3,(H,38,42)/t34-/m0/s1. The van der Waals surface area contributed by atoms with Gasteiger partial charge in [0, 0.05) is 19.5 Å². The van der Waals surface area contributed by atoms with Crippen molar-refractivity contribution < 1.29 is 27.1 Å². The number of benzene rings is 4. The van der Waals surface area contributed by atoms with E-state index in [1.54, 1.807) is 36.4 Å². The number of hydrogen-bond donors (Lipinski definition) is 1. The van der Waals surface area contributed by atoms with Gasteiger partial charge in [-0.25, -0.2) is 12.8 Å². The summed E-state index contributed by atoms with van der Waals surface area (Å²) in [5, 5.41) is 2.95. The molecular formula is C36H40FN3O5S. The first-order valence-corrected chi connectivity index (χ1v) is 16.5. The molecule has 0 radical (unpaired) electrons. The Balaban J connectivity index is 1.79. The molecular weight excluding hydrogens is 605 g/mol. The SMILES string of the molecule is COc1ccc(S(=O)(=O)N(CC(=O)N(Cc2ccc(F)cc2)[C@@H](Cc2ccccc2)C(=O)NCC(C)C)c2ccc(C)cc2)cc1. The summed E-state index contributed by atoms with van der Waals surface area (Å²) in [4.78, 5) is 29.6. The number of amides is 2. The molecule has 10 heteroatoms. The molecule has 0 bridgehead atoms. The zero-order valence-electron chi connectivity index (χ0n) is 26.5. The maximum atomic E-state index is 14.5. The van der Waals surface area contributed by atoms with Gasteiger partial charge in [-0.15, -0.1) is 0 Å². The number of sulfonamides is 1. The van der Waals surface area contributed by atoms with Crippen LogP contribution in [0.25, 0.3) is 0 Å². The van der Waals surface area contributed by atoms with Crippen molar-refractivity contribution in [1.82, 2.24) is 10.2 Å². The molecule has 0 heterocycles. The fourth-order valence-electron chi connectivity index (χ4n) is 4.88. The van der Waals surface area contributed by atoms with Crippen LogP contribution >= 0.6 is 0 Å². The lowest BCUT2D eigenvalue weighted by Crippen LogP contribution is -2.53. The third-order valence-electron chi connectivity index (χ3n) is 7.47. The Hall–Kier alpha value is -4.70. The van der Waals surface area contributed by atoms with Gasteiger partial charge in [-0.2, -0.15) is 0 Å². The topological polar surface area (TPSA) is 96.0 Å². The summed E-state index contributed by atoms with van der Waals surface area (Å²) in [6.45, 7) is 5.59. The zero-order chi connectivity index (χ0) is 33.3. The average molecular weight is 646 g/mol. The first-order chi connectivity index (χ1) is 22.0. The van der Waals surface area contributed by atoms with Crippen LogP contribution in [0, 0.1) is 18.7 Å². The van der Waals surface area contributed by atoms with E-state index < -0.39 is 34.3 Å². The number of carbonyl (C=O) groups is 2. The molecule has 0 aliphatic rings. The van der Waals surface area contributed by atoms with E-state index in [-0.39, 0.29) is 29.7 Å². The second kappa shape index (κ2) is 15.5. The first-order valence-electron chi connectivity index (χ1n) is 15.1. The lowest BCUT2D eigenvalue weighted by Gasteiger charge is -2.34. The van der Waals surface area contributed by atoms with Crippen LogP contribution in [0.1, 0.15) is 30.5 Å². The molecule has 0 saturated carbocycles. The average Bonchev–Trinajstić information content (AvgIpc) is 3.05. The predicted octanol–water partition coefficient (Wildman–Crippen LogP) is 5.75. The van der Waals surface area contributed by atoms with Gasteiger partial charge in [-0.3, -0.25) is 13.9 Å². The summed E-state index contributed by atoms with van der Waals surface area (Å²) in [5.74, 6) is -0.753. The normalized spacial score (nSPS) is 12.0. The molecule has 0 unspecified atom stereocenters. The van der Waals surface area contributed by atoms with Crippen molar-refractivity contribution in [3.8, 4) is 5.75 Å². The fourth-order valence-corrected chi connectivity index (χ4v) is 6.29. The molecule has 0 aliphatic carbocycles. The molecule has 4 aromatic carbocycles. The lowest BCUT2D eigenvalue weighted by molar-refractivity contribution is -0.140. The molecule has 4 rings (SSSR count). The van der Waals surface area contributed by atoms with Crippen molar-refractivity contribution in [2.45, 2.75) is 44.7 Å². The minimum Gasteiger partial charge on any atom is -0.497 e. The number of anilines is 1. The van der Waals surface area contributed by atoms with E-state index in [0.29, 0.717) is 23.5 Å². The second-order valence-electron chi connectivity index (χ2n) is 11.5. The Morgan fingerprint density at radius 1 is 0.848 bits per heavy atom. The Morgan fingerprint density at radius 3 is 2.07 bits per heavy atom. The van der Waals surface area contributed by atoms with Gasteiger partial charge >= 0.3 is 0 Å². The molecule has 0 aliphatic heterocycles. The lowest BCUT2D eigenvalue weighted by atomic mass is 10.0. The summed E-state index contributed by atoms with van der Waals surface area (Å²) in [6.07, 6.45) is 0.188. The quantitative estimate of drug-likeness (QED) is 0.189. The van der Waals surface area contributed by atoms with Crippen molar-refractivity contribution in [2.75, 3.05) is 24.5 Å². The number of aryl methyl sites for hydroxylation is 1. The van der Waals surface area contributed by atoms with Crippen LogP contribution in [0.5, 0.6) is 5.75 Å². The highest BCUT2D eigenvalue weighted by molar-refractivity contribution is 7.92. The molecule has 242 valence electrons. The highest BCUT2D eigenvalue weighted by atomic mass is 32.2. The monoisotopic (exact) mass is 645 g/mol. The fraction of sp³-hybridized carbons (Fsp3) is 0.278.